The topological polar surface area (TPSA) is 66.0 Å². The fourth-order valence-electron chi connectivity index (χ4n) is 3.82. The summed E-state index contributed by atoms with van der Waals surface area (Å²) in [5.74, 6) is -0.953. The lowest BCUT2D eigenvalue weighted by atomic mass is 9.87. The van der Waals surface area contributed by atoms with Gasteiger partial charge in [-0.2, -0.15) is 5.10 Å². The molecule has 0 aliphatic rings. The van der Waals surface area contributed by atoms with E-state index in [1.807, 2.05) is 18.3 Å². The van der Waals surface area contributed by atoms with Crippen molar-refractivity contribution in [2.45, 2.75) is 20.3 Å². The quantitative estimate of drug-likeness (QED) is 0.289. The third-order valence-electron chi connectivity index (χ3n) is 5.40. The van der Waals surface area contributed by atoms with Crippen LogP contribution in [0.25, 0.3) is 28.1 Å². The van der Waals surface area contributed by atoms with Gasteiger partial charge in [0.2, 0.25) is 0 Å². The first-order valence-corrected chi connectivity index (χ1v) is 10.3. The normalized spacial score (nSPS) is 12.3. The Bertz CT molecular complexity index is 1280. The highest BCUT2D eigenvalue weighted by atomic mass is 16.4. The maximum absolute atomic E-state index is 10.8. The maximum atomic E-state index is 10.8. The fourth-order valence-corrected chi connectivity index (χ4v) is 3.82. The van der Waals surface area contributed by atoms with Crippen molar-refractivity contribution in [1.82, 2.24) is 10.2 Å². The SMILES string of the molecule is CCC(=C(c1ccc(C=CC(=O)O)cc1)c1ccc2[nH]ncc2c1)c1ccc(C)cc1. The number of fused-ring (bicyclic) bond motifs is 1. The molecule has 4 nitrogen and oxygen atoms in total. The van der Waals surface area contributed by atoms with Gasteiger partial charge in [0.1, 0.15) is 0 Å². The molecule has 31 heavy (non-hydrogen) atoms. The molecule has 154 valence electrons. The minimum Gasteiger partial charge on any atom is -0.478 e. The molecule has 0 fully saturated rings. The molecule has 0 saturated carbocycles. The molecule has 0 saturated heterocycles. The molecule has 4 aromatic rings. The summed E-state index contributed by atoms with van der Waals surface area (Å²) in [6, 6.07) is 23.0. The van der Waals surface area contributed by atoms with Crippen LogP contribution in [0.1, 0.15) is 41.2 Å². The largest absolute Gasteiger partial charge is 0.478 e. The average molecular weight is 409 g/mol. The van der Waals surface area contributed by atoms with E-state index < -0.39 is 5.97 Å². The van der Waals surface area contributed by atoms with Crippen molar-refractivity contribution in [2.24, 2.45) is 0 Å². The second kappa shape index (κ2) is 8.84. The number of carbonyl (C=O) groups is 1. The molecule has 0 aliphatic heterocycles. The summed E-state index contributed by atoms with van der Waals surface area (Å²) in [5, 5.41) is 17.1. The predicted molar refractivity (Wildman–Crippen MR) is 127 cm³/mol. The van der Waals surface area contributed by atoms with E-state index in [0.29, 0.717) is 0 Å². The van der Waals surface area contributed by atoms with Gasteiger partial charge in [0.25, 0.3) is 0 Å². The summed E-state index contributed by atoms with van der Waals surface area (Å²) < 4.78 is 0. The number of hydrogen-bond donors (Lipinski definition) is 2. The minimum absolute atomic E-state index is 0.851. The van der Waals surface area contributed by atoms with Crippen LogP contribution in [0.3, 0.4) is 0 Å². The van der Waals surface area contributed by atoms with E-state index in [0.717, 1.165) is 40.1 Å². The predicted octanol–water partition coefficient (Wildman–Crippen LogP) is 6.34. The lowest BCUT2D eigenvalue weighted by molar-refractivity contribution is -0.131. The van der Waals surface area contributed by atoms with Crippen molar-refractivity contribution in [1.29, 1.82) is 0 Å². The number of H-pyrrole nitrogens is 1. The van der Waals surface area contributed by atoms with Crippen molar-refractivity contribution in [2.75, 3.05) is 0 Å². The molecule has 4 rings (SSSR count). The van der Waals surface area contributed by atoms with E-state index in [1.54, 1.807) is 6.08 Å². The molecule has 0 unspecified atom stereocenters. The summed E-state index contributed by atoms with van der Waals surface area (Å²) in [5.41, 5.74) is 8.93. The third-order valence-corrected chi connectivity index (χ3v) is 5.40. The molecule has 0 aliphatic carbocycles. The zero-order chi connectivity index (χ0) is 21.8. The number of carboxylic acids is 1. The average Bonchev–Trinajstić information content (AvgIpc) is 3.25. The highest BCUT2D eigenvalue weighted by Crippen LogP contribution is 2.35. The van der Waals surface area contributed by atoms with E-state index in [2.05, 4.69) is 78.6 Å². The van der Waals surface area contributed by atoms with Gasteiger partial charge >= 0.3 is 5.97 Å². The number of nitrogens with one attached hydrogen (secondary N) is 1. The monoisotopic (exact) mass is 408 g/mol. The third kappa shape index (κ3) is 4.48. The van der Waals surface area contributed by atoms with Gasteiger partial charge in [0.15, 0.2) is 0 Å². The number of benzene rings is 3. The molecule has 4 heteroatoms. The van der Waals surface area contributed by atoms with Crippen LogP contribution in [-0.4, -0.2) is 21.3 Å². The number of hydrogen-bond acceptors (Lipinski definition) is 2. The van der Waals surface area contributed by atoms with Crippen LogP contribution < -0.4 is 0 Å². The van der Waals surface area contributed by atoms with Gasteiger partial charge in [-0.1, -0.05) is 67.1 Å². The van der Waals surface area contributed by atoms with Crippen LogP contribution in [0.15, 0.2) is 79.0 Å². The van der Waals surface area contributed by atoms with Crippen LogP contribution in [0.5, 0.6) is 0 Å². The van der Waals surface area contributed by atoms with E-state index in [1.165, 1.54) is 22.3 Å². The fraction of sp³-hybridized carbons (Fsp3) is 0.111. The first kappa shape index (κ1) is 20.4. The number of carboxylic acid groups (broad SMARTS) is 1. The van der Waals surface area contributed by atoms with Gasteiger partial charge in [-0.25, -0.2) is 4.79 Å². The molecule has 0 amide bonds. The summed E-state index contributed by atoms with van der Waals surface area (Å²) in [6.45, 7) is 4.27. The van der Waals surface area contributed by atoms with Crippen molar-refractivity contribution < 1.29 is 9.90 Å². The van der Waals surface area contributed by atoms with Crippen LogP contribution in [0.4, 0.5) is 0 Å². The molecule has 0 atom stereocenters. The number of aromatic nitrogens is 2. The Kier molecular flexibility index (Phi) is 5.80. The van der Waals surface area contributed by atoms with Gasteiger partial charge < -0.3 is 5.11 Å². The zero-order valence-electron chi connectivity index (χ0n) is 17.6. The molecule has 1 aromatic heterocycles. The first-order chi connectivity index (χ1) is 15.0. The molecule has 3 aromatic carbocycles. The van der Waals surface area contributed by atoms with E-state index in [4.69, 9.17) is 5.11 Å². The first-order valence-electron chi connectivity index (χ1n) is 10.3. The van der Waals surface area contributed by atoms with Crippen molar-refractivity contribution >= 4 is 34.1 Å². The Morgan fingerprint density at radius 2 is 1.65 bits per heavy atom. The van der Waals surface area contributed by atoms with Crippen molar-refractivity contribution in [3.8, 4) is 0 Å². The second-order valence-electron chi connectivity index (χ2n) is 7.54. The Morgan fingerprint density at radius 1 is 0.968 bits per heavy atom. The van der Waals surface area contributed by atoms with E-state index in [9.17, 15) is 4.79 Å². The number of nitrogens with zero attached hydrogens (tertiary/aromatic N) is 1. The summed E-state index contributed by atoms with van der Waals surface area (Å²) in [6.07, 6.45) is 5.48. The van der Waals surface area contributed by atoms with Crippen LogP contribution in [0.2, 0.25) is 0 Å². The van der Waals surface area contributed by atoms with Crippen molar-refractivity contribution in [3.05, 3.63) is 107 Å². The van der Waals surface area contributed by atoms with Gasteiger partial charge in [-0.15, -0.1) is 0 Å². The van der Waals surface area contributed by atoms with E-state index >= 15 is 0 Å². The molecular formula is C27H24N2O2. The lowest BCUT2D eigenvalue weighted by Crippen LogP contribution is -1.95. The van der Waals surface area contributed by atoms with Crippen LogP contribution in [0, 0.1) is 6.92 Å². The van der Waals surface area contributed by atoms with Crippen LogP contribution in [-0.2, 0) is 4.79 Å². The Morgan fingerprint density at radius 3 is 2.32 bits per heavy atom. The number of aliphatic carboxylic acids is 1. The lowest BCUT2D eigenvalue weighted by Gasteiger charge is -2.17. The van der Waals surface area contributed by atoms with Gasteiger partial charge in [0, 0.05) is 11.5 Å². The Hall–Kier alpha value is -3.92. The molecule has 2 N–H and O–H groups in total. The molecular weight excluding hydrogens is 384 g/mol. The van der Waals surface area contributed by atoms with Gasteiger partial charge in [-0.05, 0) is 65.0 Å². The number of rotatable bonds is 6. The number of aryl methyl sites for hydroxylation is 1. The van der Waals surface area contributed by atoms with E-state index in [-0.39, 0.29) is 0 Å². The maximum Gasteiger partial charge on any atom is 0.328 e. The summed E-state index contributed by atoms with van der Waals surface area (Å²) in [4.78, 5) is 10.8. The zero-order valence-corrected chi connectivity index (χ0v) is 17.6. The highest BCUT2D eigenvalue weighted by Gasteiger charge is 2.14. The molecule has 0 radical (unpaired) electrons. The van der Waals surface area contributed by atoms with Gasteiger partial charge in [-0.3, -0.25) is 5.10 Å². The smallest absolute Gasteiger partial charge is 0.328 e. The summed E-state index contributed by atoms with van der Waals surface area (Å²) >= 11 is 0. The molecule has 0 bridgehead atoms. The minimum atomic E-state index is -0.953. The molecule has 0 spiro atoms. The number of aromatic amines is 1. The standard InChI is InChI=1S/C27H24N2O2/c1-3-24(20-9-4-18(2)5-10-20)27(22-13-14-25-23(16-22)17-28-29-25)21-11-6-19(7-12-21)8-15-26(30)31/h4-17H,3H2,1-2H3,(H,28,29)(H,30,31). The molecule has 1 heterocycles. The Balaban J connectivity index is 1.89. The highest BCUT2D eigenvalue weighted by molar-refractivity contribution is 6.00. The van der Waals surface area contributed by atoms with Crippen molar-refractivity contribution in [3.63, 3.8) is 0 Å². The second-order valence-corrected chi connectivity index (χ2v) is 7.54. The van der Waals surface area contributed by atoms with Crippen LogP contribution >= 0.6 is 0 Å². The van der Waals surface area contributed by atoms with Gasteiger partial charge in [0.05, 0.1) is 11.7 Å². The number of allylic oxidation sites excluding steroid dienone is 1. The Labute approximate surface area is 181 Å². The summed E-state index contributed by atoms with van der Waals surface area (Å²) in [7, 11) is 0.